The van der Waals surface area contributed by atoms with Crippen LogP contribution in [0.5, 0.6) is 0 Å². The molecule has 1 unspecified atom stereocenters. The molecule has 3 nitrogen and oxygen atoms in total. The van der Waals surface area contributed by atoms with Crippen molar-refractivity contribution in [1.82, 2.24) is 0 Å². The number of hydrogen-bond acceptors (Lipinski definition) is 3. The first-order chi connectivity index (χ1) is 7.12. The van der Waals surface area contributed by atoms with E-state index < -0.39 is 23.9 Å². The molecule has 0 aliphatic heterocycles. The lowest BCUT2D eigenvalue weighted by molar-refractivity contribution is -0.314. The van der Waals surface area contributed by atoms with Gasteiger partial charge in [0.05, 0.1) is 10.1 Å². The standard InChI is InChI=1S/C8H7BrF3O3P/c9-7(16(13,14)15)5-2-1-3-6(4-5)8(10,11)12/h1-4,7H,(H2,13,14,15)/p-2. The Balaban J connectivity index is 3.14. The lowest BCUT2D eigenvalue weighted by atomic mass is 10.1. The van der Waals surface area contributed by atoms with Gasteiger partial charge >= 0.3 is 6.18 Å². The van der Waals surface area contributed by atoms with Crippen molar-refractivity contribution in [2.45, 2.75) is 10.7 Å². The summed E-state index contributed by atoms with van der Waals surface area (Å²) < 4.78 is 45.8. The molecule has 1 aromatic rings. The smallest absolute Gasteiger partial charge is 0.416 e. The van der Waals surface area contributed by atoms with Gasteiger partial charge in [-0.15, -0.1) is 0 Å². The Labute approximate surface area is 97.6 Å². The molecule has 1 atom stereocenters. The van der Waals surface area contributed by atoms with E-state index in [0.29, 0.717) is 6.07 Å². The van der Waals surface area contributed by atoms with Gasteiger partial charge in [-0.2, -0.15) is 13.2 Å². The van der Waals surface area contributed by atoms with Gasteiger partial charge in [-0.3, -0.25) is 0 Å². The SMILES string of the molecule is O=P([O-])([O-])C(Br)c1cccc(C(F)(F)F)c1. The van der Waals surface area contributed by atoms with Gasteiger partial charge in [-0.25, -0.2) is 0 Å². The van der Waals surface area contributed by atoms with Gasteiger partial charge in [0.25, 0.3) is 0 Å². The van der Waals surface area contributed by atoms with Gasteiger partial charge in [-0.1, -0.05) is 34.1 Å². The zero-order valence-electron chi connectivity index (χ0n) is 7.57. The van der Waals surface area contributed by atoms with Gasteiger partial charge in [0, 0.05) is 0 Å². The van der Waals surface area contributed by atoms with Gasteiger partial charge < -0.3 is 14.4 Å². The number of hydrogen-bond donors (Lipinski definition) is 0. The lowest BCUT2D eigenvalue weighted by Crippen LogP contribution is -2.17. The molecule has 16 heavy (non-hydrogen) atoms. The Morgan fingerprint density at radius 2 is 1.88 bits per heavy atom. The fourth-order valence-corrected chi connectivity index (χ4v) is 1.86. The molecule has 0 aliphatic rings. The third kappa shape index (κ3) is 3.31. The van der Waals surface area contributed by atoms with Crippen LogP contribution in [0.1, 0.15) is 15.7 Å². The van der Waals surface area contributed by atoms with E-state index >= 15 is 0 Å². The lowest BCUT2D eigenvalue weighted by Gasteiger charge is -2.35. The van der Waals surface area contributed by atoms with Crippen molar-refractivity contribution in [3.8, 4) is 0 Å². The second-order valence-corrected chi connectivity index (χ2v) is 6.22. The second-order valence-electron chi connectivity index (χ2n) is 3.00. The molecule has 0 heterocycles. The first kappa shape index (κ1) is 13.7. The van der Waals surface area contributed by atoms with E-state index in [9.17, 15) is 27.5 Å². The summed E-state index contributed by atoms with van der Waals surface area (Å²) in [6.45, 7) is 0. The van der Waals surface area contributed by atoms with E-state index in [2.05, 4.69) is 15.9 Å². The molecule has 0 fully saturated rings. The maximum atomic E-state index is 12.3. The predicted molar refractivity (Wildman–Crippen MR) is 50.7 cm³/mol. The monoisotopic (exact) mass is 316 g/mol. The molecule has 0 bridgehead atoms. The van der Waals surface area contributed by atoms with Crippen LogP contribution in [0.25, 0.3) is 0 Å². The van der Waals surface area contributed by atoms with Crippen LogP contribution in [0.3, 0.4) is 0 Å². The molecule has 0 amide bonds. The first-order valence-electron chi connectivity index (χ1n) is 3.95. The largest absolute Gasteiger partial charge is 0.810 e. The summed E-state index contributed by atoms with van der Waals surface area (Å²) in [4.78, 5) is 21.3. The zero-order chi connectivity index (χ0) is 12.6. The molecule has 0 spiro atoms. The molecule has 0 aliphatic carbocycles. The van der Waals surface area contributed by atoms with Crippen molar-refractivity contribution in [3.05, 3.63) is 35.4 Å². The molecule has 0 N–H and O–H groups in total. The summed E-state index contributed by atoms with van der Waals surface area (Å²) >= 11 is 2.55. The van der Waals surface area contributed by atoms with Crippen LogP contribution >= 0.6 is 23.5 Å². The van der Waals surface area contributed by atoms with Crippen molar-refractivity contribution >= 4 is 23.5 Å². The van der Waals surface area contributed by atoms with Crippen molar-refractivity contribution in [2.75, 3.05) is 0 Å². The Kier molecular flexibility index (Phi) is 3.84. The zero-order valence-corrected chi connectivity index (χ0v) is 10.1. The van der Waals surface area contributed by atoms with Crippen molar-refractivity contribution in [1.29, 1.82) is 0 Å². The number of halogens is 4. The topological polar surface area (TPSA) is 63.2 Å². The molecule has 1 rings (SSSR count). The number of benzene rings is 1. The van der Waals surface area contributed by atoms with Crippen LogP contribution in [0.4, 0.5) is 13.2 Å². The average Bonchev–Trinajstić information content (AvgIpc) is 2.14. The van der Waals surface area contributed by atoms with Crippen LogP contribution in [0.15, 0.2) is 24.3 Å². The summed E-state index contributed by atoms with van der Waals surface area (Å²) in [7, 11) is -5.00. The van der Waals surface area contributed by atoms with E-state index in [1.165, 1.54) is 0 Å². The van der Waals surface area contributed by atoms with Gasteiger partial charge in [0.1, 0.15) is 0 Å². The minimum absolute atomic E-state index is 0.233. The van der Waals surface area contributed by atoms with Crippen molar-refractivity contribution in [2.24, 2.45) is 0 Å². The van der Waals surface area contributed by atoms with Crippen LogP contribution in [0, 0.1) is 0 Å². The maximum Gasteiger partial charge on any atom is 0.416 e. The van der Waals surface area contributed by atoms with Crippen LogP contribution in [0.2, 0.25) is 0 Å². The Bertz CT molecular complexity index is 429. The Morgan fingerprint density at radius 1 is 1.31 bits per heavy atom. The molecule has 0 aromatic heterocycles. The van der Waals surface area contributed by atoms with Crippen molar-refractivity contribution in [3.63, 3.8) is 0 Å². The van der Waals surface area contributed by atoms with E-state index in [4.69, 9.17) is 0 Å². The number of rotatable bonds is 2. The summed E-state index contributed by atoms with van der Waals surface area (Å²) in [5.41, 5.74) is -1.23. The second kappa shape index (κ2) is 4.49. The van der Waals surface area contributed by atoms with Gasteiger partial charge in [0.15, 0.2) is 0 Å². The van der Waals surface area contributed by atoms with E-state index in [1.807, 2.05) is 0 Å². The molecule has 8 heteroatoms. The third-order valence-electron chi connectivity index (χ3n) is 1.77. The molecular formula is C8H5BrF3O3P-2. The van der Waals surface area contributed by atoms with Gasteiger partial charge in [-0.05, 0) is 19.2 Å². The van der Waals surface area contributed by atoms with Crippen molar-refractivity contribution < 1.29 is 27.5 Å². The highest BCUT2D eigenvalue weighted by Crippen LogP contribution is 2.49. The van der Waals surface area contributed by atoms with Gasteiger partial charge in [0.2, 0.25) is 0 Å². The summed E-state index contributed by atoms with van der Waals surface area (Å²) in [6.07, 6.45) is -4.57. The number of alkyl halides is 4. The third-order valence-corrected chi connectivity index (χ3v) is 4.65. The summed E-state index contributed by atoms with van der Waals surface area (Å²) in [5, 5.41) is 0. The minimum Gasteiger partial charge on any atom is -0.810 e. The molecule has 0 saturated carbocycles. The Morgan fingerprint density at radius 3 is 2.31 bits per heavy atom. The van der Waals surface area contributed by atoms with E-state index in [0.717, 1.165) is 18.2 Å². The quantitative estimate of drug-likeness (QED) is 0.619. The molecule has 1 aromatic carbocycles. The maximum absolute atomic E-state index is 12.3. The normalized spacial score (nSPS) is 14.9. The minimum atomic E-state index is -5.00. The molecule has 0 radical (unpaired) electrons. The summed E-state index contributed by atoms with van der Waals surface area (Å²) in [5.74, 6) is 0. The van der Waals surface area contributed by atoms with Crippen LogP contribution in [-0.4, -0.2) is 0 Å². The highest BCUT2D eigenvalue weighted by molar-refractivity contribution is 9.10. The highest BCUT2D eigenvalue weighted by Gasteiger charge is 2.30. The van der Waals surface area contributed by atoms with E-state index in [-0.39, 0.29) is 5.56 Å². The predicted octanol–water partition coefficient (Wildman–Crippen LogP) is 2.01. The molecule has 0 saturated heterocycles. The molecule has 90 valence electrons. The average molecular weight is 317 g/mol. The fourth-order valence-electron chi connectivity index (χ4n) is 1.05. The van der Waals surface area contributed by atoms with E-state index in [1.54, 1.807) is 0 Å². The summed E-state index contributed by atoms with van der Waals surface area (Å²) in [6, 6.07) is 3.60. The Hall–Kier alpha value is -0.360. The van der Waals surface area contributed by atoms with Crippen LogP contribution in [-0.2, 0) is 10.7 Å². The fraction of sp³-hybridized carbons (Fsp3) is 0.250. The highest BCUT2D eigenvalue weighted by atomic mass is 79.9. The first-order valence-corrected chi connectivity index (χ1v) is 6.48. The van der Waals surface area contributed by atoms with Crippen LogP contribution < -0.4 is 9.79 Å². The molecular weight excluding hydrogens is 312 g/mol.